The Labute approximate surface area is 95.1 Å². The average Bonchev–Trinajstić information content (AvgIpc) is 2.27. The SMILES string of the molecule is CCc1cc2ccccc2nc1NN.Cl. The normalized spacial score (nSPS) is 9.73. The summed E-state index contributed by atoms with van der Waals surface area (Å²) in [6.45, 7) is 2.09. The minimum Gasteiger partial charge on any atom is -0.308 e. The number of aromatic nitrogens is 1. The zero-order chi connectivity index (χ0) is 9.97. The minimum atomic E-state index is 0. The van der Waals surface area contributed by atoms with Gasteiger partial charge < -0.3 is 5.43 Å². The summed E-state index contributed by atoms with van der Waals surface area (Å²) in [5.41, 5.74) is 4.74. The number of rotatable bonds is 2. The Kier molecular flexibility index (Phi) is 3.88. The Morgan fingerprint density at radius 3 is 2.73 bits per heavy atom. The van der Waals surface area contributed by atoms with Gasteiger partial charge in [-0.05, 0) is 24.1 Å². The van der Waals surface area contributed by atoms with Crippen LogP contribution in [0.3, 0.4) is 0 Å². The van der Waals surface area contributed by atoms with Crippen LogP contribution in [0.2, 0.25) is 0 Å². The molecule has 15 heavy (non-hydrogen) atoms. The van der Waals surface area contributed by atoms with Crippen LogP contribution in [-0.4, -0.2) is 4.98 Å². The number of hydrogen-bond acceptors (Lipinski definition) is 3. The zero-order valence-electron chi connectivity index (χ0n) is 8.53. The first-order valence-corrected chi connectivity index (χ1v) is 4.70. The number of pyridine rings is 1. The molecule has 2 aromatic rings. The number of para-hydroxylation sites is 1. The molecular weight excluding hydrogens is 210 g/mol. The molecule has 0 bridgehead atoms. The summed E-state index contributed by atoms with van der Waals surface area (Å²) in [6, 6.07) is 10.1. The number of fused-ring (bicyclic) bond motifs is 1. The summed E-state index contributed by atoms with van der Waals surface area (Å²) in [4.78, 5) is 4.43. The lowest BCUT2D eigenvalue weighted by atomic mass is 10.1. The summed E-state index contributed by atoms with van der Waals surface area (Å²) < 4.78 is 0. The van der Waals surface area contributed by atoms with Crippen molar-refractivity contribution in [3.8, 4) is 0 Å². The molecular formula is C11H14ClN3. The predicted molar refractivity (Wildman–Crippen MR) is 66.2 cm³/mol. The van der Waals surface area contributed by atoms with E-state index in [2.05, 4.69) is 29.5 Å². The van der Waals surface area contributed by atoms with Crippen LogP contribution in [0.4, 0.5) is 5.82 Å². The standard InChI is InChI=1S/C11H13N3.ClH/c1-2-8-7-9-5-3-4-6-10(9)13-11(8)14-12;/h3-7H,2,12H2,1H3,(H,13,14);1H. The maximum absolute atomic E-state index is 5.40. The zero-order valence-corrected chi connectivity index (χ0v) is 9.34. The number of hydrogen-bond donors (Lipinski definition) is 2. The molecule has 0 fully saturated rings. The quantitative estimate of drug-likeness (QED) is 0.608. The van der Waals surface area contributed by atoms with Crippen molar-refractivity contribution < 1.29 is 0 Å². The van der Waals surface area contributed by atoms with Crippen LogP contribution in [0.5, 0.6) is 0 Å². The van der Waals surface area contributed by atoms with Gasteiger partial charge in [0.05, 0.1) is 5.52 Å². The molecule has 0 spiro atoms. The highest BCUT2D eigenvalue weighted by Crippen LogP contribution is 2.19. The van der Waals surface area contributed by atoms with Gasteiger partial charge in [0.1, 0.15) is 5.82 Å². The van der Waals surface area contributed by atoms with Crippen molar-refractivity contribution in [1.29, 1.82) is 0 Å². The lowest BCUT2D eigenvalue weighted by molar-refractivity contribution is 1.10. The van der Waals surface area contributed by atoms with Crippen LogP contribution in [0, 0.1) is 0 Å². The number of aryl methyl sites for hydroxylation is 1. The van der Waals surface area contributed by atoms with Gasteiger partial charge in [-0.1, -0.05) is 25.1 Å². The van der Waals surface area contributed by atoms with E-state index in [4.69, 9.17) is 5.84 Å². The van der Waals surface area contributed by atoms with E-state index in [9.17, 15) is 0 Å². The lowest BCUT2D eigenvalue weighted by Gasteiger charge is -2.07. The summed E-state index contributed by atoms with van der Waals surface area (Å²) in [5, 5.41) is 1.16. The number of benzene rings is 1. The second kappa shape index (κ2) is 4.96. The number of nitrogens with zero attached hydrogens (tertiary/aromatic N) is 1. The summed E-state index contributed by atoms with van der Waals surface area (Å²) in [5.74, 6) is 6.17. The molecule has 0 amide bonds. The number of hydrazine groups is 1. The first kappa shape index (κ1) is 11.8. The maximum Gasteiger partial charge on any atom is 0.143 e. The van der Waals surface area contributed by atoms with E-state index in [0.717, 1.165) is 28.7 Å². The largest absolute Gasteiger partial charge is 0.308 e. The molecule has 3 N–H and O–H groups in total. The number of anilines is 1. The fraction of sp³-hybridized carbons (Fsp3) is 0.182. The number of nitrogen functional groups attached to an aromatic ring is 1. The Balaban J connectivity index is 0.00000112. The van der Waals surface area contributed by atoms with E-state index in [1.165, 1.54) is 0 Å². The number of nitrogens with one attached hydrogen (secondary N) is 1. The molecule has 0 saturated heterocycles. The second-order valence-electron chi connectivity index (χ2n) is 3.19. The fourth-order valence-electron chi connectivity index (χ4n) is 1.55. The predicted octanol–water partition coefficient (Wildman–Crippen LogP) is 2.50. The Morgan fingerprint density at radius 2 is 2.07 bits per heavy atom. The Morgan fingerprint density at radius 1 is 1.33 bits per heavy atom. The van der Waals surface area contributed by atoms with Gasteiger partial charge >= 0.3 is 0 Å². The monoisotopic (exact) mass is 223 g/mol. The van der Waals surface area contributed by atoms with Crippen LogP contribution >= 0.6 is 12.4 Å². The molecule has 1 aromatic carbocycles. The molecule has 0 saturated carbocycles. The summed E-state index contributed by atoms with van der Waals surface area (Å²) in [7, 11) is 0. The van der Waals surface area contributed by atoms with Gasteiger partial charge in [-0.3, -0.25) is 0 Å². The third-order valence-corrected chi connectivity index (χ3v) is 2.32. The van der Waals surface area contributed by atoms with Crippen molar-refractivity contribution in [1.82, 2.24) is 4.98 Å². The van der Waals surface area contributed by atoms with Gasteiger partial charge in [-0.25, -0.2) is 10.8 Å². The van der Waals surface area contributed by atoms with Gasteiger partial charge in [-0.2, -0.15) is 0 Å². The highest BCUT2D eigenvalue weighted by molar-refractivity contribution is 5.85. The third kappa shape index (κ3) is 2.19. The van der Waals surface area contributed by atoms with E-state index in [-0.39, 0.29) is 12.4 Å². The fourth-order valence-corrected chi connectivity index (χ4v) is 1.55. The molecule has 4 heteroatoms. The van der Waals surface area contributed by atoms with E-state index in [1.807, 2.05) is 18.2 Å². The second-order valence-corrected chi connectivity index (χ2v) is 3.19. The average molecular weight is 224 g/mol. The van der Waals surface area contributed by atoms with E-state index >= 15 is 0 Å². The maximum atomic E-state index is 5.40. The van der Waals surface area contributed by atoms with Crippen molar-refractivity contribution in [2.24, 2.45) is 5.84 Å². The first-order chi connectivity index (χ1) is 6.85. The van der Waals surface area contributed by atoms with Gasteiger partial charge in [0.15, 0.2) is 0 Å². The van der Waals surface area contributed by atoms with Crippen molar-refractivity contribution in [2.75, 3.05) is 5.43 Å². The molecule has 0 aliphatic carbocycles. The van der Waals surface area contributed by atoms with E-state index in [0.29, 0.717) is 0 Å². The molecule has 0 radical (unpaired) electrons. The van der Waals surface area contributed by atoms with E-state index in [1.54, 1.807) is 0 Å². The number of nitrogens with two attached hydrogens (primary N) is 1. The number of halogens is 1. The van der Waals surface area contributed by atoms with Crippen LogP contribution in [0.15, 0.2) is 30.3 Å². The van der Waals surface area contributed by atoms with Crippen LogP contribution < -0.4 is 11.3 Å². The van der Waals surface area contributed by atoms with E-state index < -0.39 is 0 Å². The minimum absolute atomic E-state index is 0. The van der Waals surface area contributed by atoms with Crippen molar-refractivity contribution in [3.05, 3.63) is 35.9 Å². The molecule has 0 aliphatic heterocycles. The van der Waals surface area contributed by atoms with Gasteiger partial charge in [-0.15, -0.1) is 12.4 Å². The molecule has 1 aromatic heterocycles. The molecule has 80 valence electrons. The molecule has 0 aliphatic rings. The first-order valence-electron chi connectivity index (χ1n) is 4.70. The lowest BCUT2D eigenvalue weighted by Crippen LogP contribution is -2.10. The van der Waals surface area contributed by atoms with Crippen molar-refractivity contribution in [2.45, 2.75) is 13.3 Å². The topological polar surface area (TPSA) is 50.9 Å². The van der Waals surface area contributed by atoms with Crippen molar-refractivity contribution in [3.63, 3.8) is 0 Å². The van der Waals surface area contributed by atoms with Crippen LogP contribution in [0.1, 0.15) is 12.5 Å². The molecule has 1 heterocycles. The van der Waals surface area contributed by atoms with Crippen molar-refractivity contribution >= 4 is 29.1 Å². The third-order valence-electron chi connectivity index (χ3n) is 2.32. The highest BCUT2D eigenvalue weighted by Gasteiger charge is 2.02. The summed E-state index contributed by atoms with van der Waals surface area (Å²) >= 11 is 0. The molecule has 0 atom stereocenters. The van der Waals surface area contributed by atoms with Gasteiger partial charge in [0, 0.05) is 5.39 Å². The highest BCUT2D eigenvalue weighted by atomic mass is 35.5. The van der Waals surface area contributed by atoms with Crippen LogP contribution in [-0.2, 0) is 6.42 Å². The summed E-state index contributed by atoms with van der Waals surface area (Å²) in [6.07, 6.45) is 0.928. The smallest absolute Gasteiger partial charge is 0.143 e. The Bertz CT molecular complexity index is 414. The Hall–Kier alpha value is -1.32. The molecule has 2 rings (SSSR count). The van der Waals surface area contributed by atoms with Crippen LogP contribution in [0.25, 0.3) is 10.9 Å². The van der Waals surface area contributed by atoms with Gasteiger partial charge in [0.25, 0.3) is 0 Å². The van der Waals surface area contributed by atoms with Gasteiger partial charge in [0.2, 0.25) is 0 Å². The molecule has 0 unspecified atom stereocenters. The molecule has 3 nitrogen and oxygen atoms in total.